The van der Waals surface area contributed by atoms with Crippen molar-refractivity contribution >= 4 is 11.0 Å². The average molecular weight is 335 g/mol. The first-order valence-electron chi connectivity index (χ1n) is 8.16. The van der Waals surface area contributed by atoms with Gasteiger partial charge in [0, 0.05) is 30.4 Å². The van der Waals surface area contributed by atoms with Gasteiger partial charge in [0.1, 0.15) is 11.3 Å². The molecule has 0 spiro atoms. The zero-order valence-electron chi connectivity index (χ0n) is 14.2. The minimum Gasteiger partial charge on any atom is -0.334 e. The summed E-state index contributed by atoms with van der Waals surface area (Å²) in [7, 11) is 0. The van der Waals surface area contributed by atoms with E-state index in [0.717, 1.165) is 34.4 Å². The first kappa shape index (κ1) is 15.4. The maximum atomic E-state index is 5.39. The number of aromatic nitrogens is 7. The summed E-state index contributed by atoms with van der Waals surface area (Å²) < 4.78 is 7.27. The third kappa shape index (κ3) is 2.75. The molecular weight excluding hydrogens is 318 g/mol. The van der Waals surface area contributed by atoms with Crippen molar-refractivity contribution in [2.45, 2.75) is 33.2 Å². The molecule has 1 aromatic carbocycles. The molecule has 0 fully saturated rings. The Hall–Kier alpha value is -3.16. The van der Waals surface area contributed by atoms with Gasteiger partial charge in [-0.05, 0) is 32.0 Å². The van der Waals surface area contributed by atoms with Crippen molar-refractivity contribution in [3.8, 4) is 22.8 Å². The Balaban J connectivity index is 1.68. The topological polar surface area (TPSA) is 95.4 Å². The second-order valence-electron chi connectivity index (χ2n) is 6.00. The van der Waals surface area contributed by atoms with Gasteiger partial charge < -0.3 is 4.52 Å². The number of fused-ring (bicyclic) bond motifs is 1. The third-order valence-electron chi connectivity index (χ3n) is 3.91. The van der Waals surface area contributed by atoms with Crippen molar-refractivity contribution in [3.05, 3.63) is 36.4 Å². The summed E-state index contributed by atoms with van der Waals surface area (Å²) in [6.07, 6.45) is 4.20. The van der Waals surface area contributed by atoms with Crippen LogP contribution in [0.25, 0.3) is 33.9 Å². The molecule has 0 aliphatic heterocycles. The van der Waals surface area contributed by atoms with Gasteiger partial charge in [-0.3, -0.25) is 0 Å². The molecular formula is C17H17N7O. The fourth-order valence-corrected chi connectivity index (χ4v) is 2.57. The van der Waals surface area contributed by atoms with E-state index < -0.39 is 0 Å². The summed E-state index contributed by atoms with van der Waals surface area (Å²) in [5.41, 5.74) is 3.29. The van der Waals surface area contributed by atoms with E-state index in [1.54, 1.807) is 12.4 Å². The maximum Gasteiger partial charge on any atom is 0.258 e. The van der Waals surface area contributed by atoms with Crippen LogP contribution in [0.2, 0.25) is 0 Å². The number of nitrogens with zero attached hydrogens (tertiary/aromatic N) is 7. The second kappa shape index (κ2) is 6.04. The van der Waals surface area contributed by atoms with Gasteiger partial charge in [0.05, 0.1) is 11.1 Å². The fourth-order valence-electron chi connectivity index (χ4n) is 2.57. The number of aryl methyl sites for hydroxylation is 1. The third-order valence-corrected chi connectivity index (χ3v) is 3.91. The molecule has 0 aliphatic carbocycles. The van der Waals surface area contributed by atoms with Crippen molar-refractivity contribution in [2.24, 2.45) is 0 Å². The average Bonchev–Trinajstić information content (AvgIpc) is 3.28. The van der Waals surface area contributed by atoms with Crippen LogP contribution in [0.3, 0.4) is 0 Å². The minimum atomic E-state index is 0.247. The predicted molar refractivity (Wildman–Crippen MR) is 91.6 cm³/mol. The van der Waals surface area contributed by atoms with Gasteiger partial charge in [0.25, 0.3) is 5.89 Å². The normalized spacial score (nSPS) is 11.5. The van der Waals surface area contributed by atoms with Gasteiger partial charge in [0.2, 0.25) is 5.82 Å². The maximum absolute atomic E-state index is 5.39. The number of hydrogen-bond acceptors (Lipinski definition) is 7. The highest BCUT2D eigenvalue weighted by molar-refractivity contribution is 5.79. The molecule has 4 rings (SSSR count). The van der Waals surface area contributed by atoms with Gasteiger partial charge in [-0.1, -0.05) is 17.3 Å². The van der Waals surface area contributed by atoms with Gasteiger partial charge in [-0.2, -0.15) is 4.98 Å². The molecule has 8 nitrogen and oxygen atoms in total. The molecule has 0 N–H and O–H groups in total. The van der Waals surface area contributed by atoms with Crippen molar-refractivity contribution < 1.29 is 4.52 Å². The lowest BCUT2D eigenvalue weighted by atomic mass is 10.2. The highest BCUT2D eigenvalue weighted by Crippen LogP contribution is 2.25. The lowest BCUT2D eigenvalue weighted by Gasteiger charge is -2.04. The fraction of sp³-hybridized carbons (Fsp3) is 0.294. The molecule has 0 unspecified atom stereocenters. The number of rotatable bonds is 4. The second-order valence-corrected chi connectivity index (χ2v) is 6.00. The van der Waals surface area contributed by atoms with E-state index in [4.69, 9.17) is 4.52 Å². The summed E-state index contributed by atoms with van der Waals surface area (Å²) in [4.78, 5) is 13.0. The molecule has 3 aromatic heterocycles. The first-order valence-corrected chi connectivity index (χ1v) is 8.16. The Morgan fingerprint density at radius 3 is 2.64 bits per heavy atom. The molecule has 8 heteroatoms. The lowest BCUT2D eigenvalue weighted by molar-refractivity contribution is 0.432. The van der Waals surface area contributed by atoms with Crippen molar-refractivity contribution in [3.63, 3.8) is 0 Å². The van der Waals surface area contributed by atoms with E-state index in [9.17, 15) is 0 Å². The molecule has 25 heavy (non-hydrogen) atoms. The van der Waals surface area contributed by atoms with Gasteiger partial charge >= 0.3 is 0 Å². The monoisotopic (exact) mass is 335 g/mol. The van der Waals surface area contributed by atoms with Crippen LogP contribution in [0.4, 0.5) is 0 Å². The van der Waals surface area contributed by atoms with Gasteiger partial charge in [0.15, 0.2) is 0 Å². The summed E-state index contributed by atoms with van der Waals surface area (Å²) in [5.74, 6) is 1.67. The van der Waals surface area contributed by atoms with Crippen LogP contribution in [0.15, 0.2) is 35.1 Å². The Morgan fingerprint density at radius 1 is 1.12 bits per heavy atom. The molecule has 0 radical (unpaired) electrons. The predicted octanol–water partition coefficient (Wildman–Crippen LogP) is 3.08. The largest absolute Gasteiger partial charge is 0.334 e. The molecule has 0 bridgehead atoms. The first-order chi connectivity index (χ1) is 12.2. The zero-order chi connectivity index (χ0) is 17.4. The Morgan fingerprint density at radius 2 is 1.92 bits per heavy atom. The van der Waals surface area contributed by atoms with Crippen LogP contribution in [0.1, 0.15) is 32.6 Å². The van der Waals surface area contributed by atoms with Crippen LogP contribution >= 0.6 is 0 Å². The smallest absolute Gasteiger partial charge is 0.258 e. The Labute approximate surface area is 143 Å². The standard InChI is InChI=1S/C17H17N7O/c1-4-15-18-8-12(9-19-15)16-20-17(25-22-16)11-5-6-14-13(7-11)21-23-24(14)10(2)3/h5-10H,4H2,1-3H3. The van der Waals surface area contributed by atoms with E-state index >= 15 is 0 Å². The summed E-state index contributed by atoms with van der Waals surface area (Å²) >= 11 is 0. The van der Waals surface area contributed by atoms with Crippen molar-refractivity contribution in [2.75, 3.05) is 0 Å². The summed E-state index contributed by atoms with van der Waals surface area (Å²) in [5, 5.41) is 12.4. The van der Waals surface area contributed by atoms with E-state index in [1.165, 1.54) is 0 Å². The van der Waals surface area contributed by atoms with Crippen LogP contribution in [-0.4, -0.2) is 35.1 Å². The highest BCUT2D eigenvalue weighted by atomic mass is 16.5. The van der Waals surface area contributed by atoms with Crippen LogP contribution in [0.5, 0.6) is 0 Å². The minimum absolute atomic E-state index is 0.247. The van der Waals surface area contributed by atoms with E-state index in [0.29, 0.717) is 11.7 Å². The molecule has 0 aliphatic rings. The molecule has 3 heterocycles. The molecule has 0 saturated heterocycles. The lowest BCUT2D eigenvalue weighted by Crippen LogP contribution is -2.02. The van der Waals surface area contributed by atoms with Gasteiger partial charge in [-0.25, -0.2) is 14.6 Å². The zero-order valence-corrected chi connectivity index (χ0v) is 14.2. The van der Waals surface area contributed by atoms with Crippen LogP contribution in [-0.2, 0) is 6.42 Å². The quantitative estimate of drug-likeness (QED) is 0.565. The molecule has 126 valence electrons. The molecule has 4 aromatic rings. The van der Waals surface area contributed by atoms with Crippen LogP contribution < -0.4 is 0 Å². The molecule has 0 amide bonds. The van der Waals surface area contributed by atoms with Gasteiger partial charge in [-0.15, -0.1) is 5.10 Å². The Kier molecular flexibility index (Phi) is 3.72. The van der Waals surface area contributed by atoms with Crippen molar-refractivity contribution in [1.82, 2.24) is 35.1 Å². The Bertz CT molecular complexity index is 1020. The van der Waals surface area contributed by atoms with Crippen molar-refractivity contribution in [1.29, 1.82) is 0 Å². The summed E-state index contributed by atoms with van der Waals surface area (Å²) in [6.45, 7) is 6.14. The number of hydrogen-bond donors (Lipinski definition) is 0. The van der Waals surface area contributed by atoms with E-state index in [-0.39, 0.29) is 6.04 Å². The SMILES string of the molecule is CCc1ncc(-c2noc(-c3ccc4c(c3)nnn4C(C)C)n2)cn1. The molecule has 0 saturated carbocycles. The summed E-state index contributed by atoms with van der Waals surface area (Å²) in [6, 6.07) is 6.04. The highest BCUT2D eigenvalue weighted by Gasteiger charge is 2.14. The number of benzene rings is 1. The molecule has 0 atom stereocenters. The van der Waals surface area contributed by atoms with Crippen LogP contribution in [0, 0.1) is 0 Å². The van der Waals surface area contributed by atoms with E-state index in [1.807, 2.05) is 29.8 Å². The van der Waals surface area contributed by atoms with E-state index in [2.05, 4.69) is 44.3 Å².